The van der Waals surface area contributed by atoms with Gasteiger partial charge in [0.25, 0.3) is 0 Å². The molecule has 1 heterocycles. The summed E-state index contributed by atoms with van der Waals surface area (Å²) in [6.07, 6.45) is 7.62. The maximum absolute atomic E-state index is 12.0. The predicted molar refractivity (Wildman–Crippen MR) is 69.9 cm³/mol. The van der Waals surface area contributed by atoms with Gasteiger partial charge >= 0.3 is 0 Å². The summed E-state index contributed by atoms with van der Waals surface area (Å²) >= 11 is 0. The van der Waals surface area contributed by atoms with E-state index in [1.807, 2.05) is 0 Å². The van der Waals surface area contributed by atoms with Gasteiger partial charge in [-0.1, -0.05) is 19.8 Å². The standard InChI is InChI=1S/C14H24N2O2/c1-2-3-10-4-6-12(7-5-10)16-14(18)11-8-13(17)15-9-11/h10-12H,2-9H2,1H3,(H,15,17)(H,16,18). The molecule has 18 heavy (non-hydrogen) atoms. The Balaban J connectivity index is 1.71. The highest BCUT2D eigenvalue weighted by molar-refractivity contribution is 5.89. The Morgan fingerprint density at radius 1 is 1.33 bits per heavy atom. The van der Waals surface area contributed by atoms with Crippen LogP contribution in [-0.4, -0.2) is 24.4 Å². The van der Waals surface area contributed by atoms with Gasteiger partial charge in [-0.05, 0) is 31.6 Å². The third-order valence-electron chi connectivity index (χ3n) is 4.24. The summed E-state index contributed by atoms with van der Waals surface area (Å²) in [6.45, 7) is 2.74. The number of carbonyl (C=O) groups excluding carboxylic acids is 2. The van der Waals surface area contributed by atoms with Crippen LogP contribution in [0.4, 0.5) is 0 Å². The quantitative estimate of drug-likeness (QED) is 0.798. The van der Waals surface area contributed by atoms with Crippen molar-refractivity contribution in [2.75, 3.05) is 6.54 Å². The second-order valence-corrected chi connectivity index (χ2v) is 5.72. The minimum Gasteiger partial charge on any atom is -0.355 e. The van der Waals surface area contributed by atoms with Gasteiger partial charge in [0.2, 0.25) is 11.8 Å². The van der Waals surface area contributed by atoms with Crippen LogP contribution in [0.15, 0.2) is 0 Å². The lowest BCUT2D eigenvalue weighted by Crippen LogP contribution is -2.41. The maximum atomic E-state index is 12.0. The second kappa shape index (κ2) is 6.21. The van der Waals surface area contributed by atoms with Crippen molar-refractivity contribution in [1.29, 1.82) is 0 Å². The van der Waals surface area contributed by atoms with Crippen molar-refractivity contribution in [3.8, 4) is 0 Å². The van der Waals surface area contributed by atoms with E-state index in [2.05, 4.69) is 17.6 Å². The number of hydrogen-bond acceptors (Lipinski definition) is 2. The molecule has 2 amide bonds. The highest BCUT2D eigenvalue weighted by Crippen LogP contribution is 2.28. The zero-order chi connectivity index (χ0) is 13.0. The average Bonchev–Trinajstić information content (AvgIpc) is 2.79. The zero-order valence-electron chi connectivity index (χ0n) is 11.2. The second-order valence-electron chi connectivity index (χ2n) is 5.72. The van der Waals surface area contributed by atoms with Crippen molar-refractivity contribution >= 4 is 11.8 Å². The molecule has 1 saturated carbocycles. The van der Waals surface area contributed by atoms with Crippen molar-refractivity contribution < 1.29 is 9.59 Å². The highest BCUT2D eigenvalue weighted by Gasteiger charge is 2.30. The van der Waals surface area contributed by atoms with Crippen molar-refractivity contribution in [3.05, 3.63) is 0 Å². The van der Waals surface area contributed by atoms with Gasteiger partial charge in [0.15, 0.2) is 0 Å². The molecule has 1 unspecified atom stereocenters. The average molecular weight is 252 g/mol. The Kier molecular flexibility index (Phi) is 4.61. The number of hydrogen-bond donors (Lipinski definition) is 2. The molecule has 0 aromatic heterocycles. The Morgan fingerprint density at radius 3 is 2.61 bits per heavy atom. The van der Waals surface area contributed by atoms with Crippen LogP contribution >= 0.6 is 0 Å². The highest BCUT2D eigenvalue weighted by atomic mass is 16.2. The van der Waals surface area contributed by atoms with Crippen LogP contribution in [-0.2, 0) is 9.59 Å². The van der Waals surface area contributed by atoms with E-state index in [4.69, 9.17) is 0 Å². The van der Waals surface area contributed by atoms with E-state index < -0.39 is 0 Å². The summed E-state index contributed by atoms with van der Waals surface area (Å²) < 4.78 is 0. The van der Waals surface area contributed by atoms with Crippen LogP contribution in [0.25, 0.3) is 0 Å². The maximum Gasteiger partial charge on any atom is 0.225 e. The number of nitrogens with one attached hydrogen (secondary N) is 2. The van der Waals surface area contributed by atoms with E-state index in [9.17, 15) is 9.59 Å². The normalized spacial score (nSPS) is 32.1. The van der Waals surface area contributed by atoms with E-state index in [0.29, 0.717) is 19.0 Å². The van der Waals surface area contributed by atoms with Crippen LogP contribution in [0.1, 0.15) is 51.9 Å². The van der Waals surface area contributed by atoms with Gasteiger partial charge in [0, 0.05) is 19.0 Å². The summed E-state index contributed by atoms with van der Waals surface area (Å²) in [7, 11) is 0. The molecule has 0 aromatic rings. The van der Waals surface area contributed by atoms with Crippen LogP contribution in [0.2, 0.25) is 0 Å². The van der Waals surface area contributed by atoms with Gasteiger partial charge in [0.1, 0.15) is 0 Å². The molecule has 0 spiro atoms. The largest absolute Gasteiger partial charge is 0.355 e. The minimum atomic E-state index is -0.147. The molecule has 2 aliphatic rings. The monoisotopic (exact) mass is 252 g/mol. The molecule has 1 atom stereocenters. The molecule has 2 rings (SSSR count). The van der Waals surface area contributed by atoms with E-state index in [1.54, 1.807) is 0 Å². The van der Waals surface area contributed by atoms with E-state index in [0.717, 1.165) is 18.8 Å². The first kappa shape index (κ1) is 13.4. The van der Waals surface area contributed by atoms with Crippen LogP contribution in [0.3, 0.4) is 0 Å². The fourth-order valence-corrected chi connectivity index (χ4v) is 3.11. The van der Waals surface area contributed by atoms with Crippen LogP contribution in [0.5, 0.6) is 0 Å². The molecule has 1 aliphatic heterocycles. The topological polar surface area (TPSA) is 58.2 Å². The number of amides is 2. The minimum absolute atomic E-state index is 0.00167. The molecule has 0 radical (unpaired) electrons. The molecule has 4 nitrogen and oxygen atoms in total. The Labute approximate surface area is 109 Å². The van der Waals surface area contributed by atoms with Crippen molar-refractivity contribution in [2.24, 2.45) is 11.8 Å². The summed E-state index contributed by atoms with van der Waals surface area (Å²) in [5.41, 5.74) is 0. The zero-order valence-corrected chi connectivity index (χ0v) is 11.2. The lowest BCUT2D eigenvalue weighted by Gasteiger charge is -2.29. The number of carbonyl (C=O) groups is 2. The molecule has 2 N–H and O–H groups in total. The molecule has 0 bridgehead atoms. The Bertz CT molecular complexity index is 309. The summed E-state index contributed by atoms with van der Waals surface area (Å²) in [6, 6.07) is 0.335. The first-order chi connectivity index (χ1) is 8.69. The molecular weight excluding hydrogens is 228 g/mol. The molecule has 102 valence electrons. The van der Waals surface area contributed by atoms with Gasteiger partial charge in [-0.3, -0.25) is 9.59 Å². The third-order valence-corrected chi connectivity index (χ3v) is 4.24. The third kappa shape index (κ3) is 3.47. The predicted octanol–water partition coefficient (Wildman–Crippen LogP) is 1.60. The van der Waals surface area contributed by atoms with Crippen molar-refractivity contribution in [1.82, 2.24) is 10.6 Å². The molecule has 1 saturated heterocycles. The molecule has 1 aliphatic carbocycles. The fourth-order valence-electron chi connectivity index (χ4n) is 3.11. The molecule has 2 fully saturated rings. The molecule has 0 aromatic carbocycles. The number of rotatable bonds is 4. The van der Waals surface area contributed by atoms with Gasteiger partial charge in [-0.15, -0.1) is 0 Å². The van der Waals surface area contributed by atoms with Crippen LogP contribution in [0, 0.1) is 11.8 Å². The lowest BCUT2D eigenvalue weighted by molar-refractivity contribution is -0.127. The Morgan fingerprint density at radius 2 is 2.06 bits per heavy atom. The first-order valence-electron chi connectivity index (χ1n) is 7.26. The summed E-state index contributed by atoms with van der Waals surface area (Å²) in [5, 5.41) is 5.82. The lowest BCUT2D eigenvalue weighted by atomic mass is 9.83. The van der Waals surface area contributed by atoms with Gasteiger partial charge in [-0.2, -0.15) is 0 Å². The Hall–Kier alpha value is -1.06. The summed E-state index contributed by atoms with van der Waals surface area (Å²) in [4.78, 5) is 23.0. The summed E-state index contributed by atoms with van der Waals surface area (Å²) in [5.74, 6) is 0.776. The van der Waals surface area contributed by atoms with E-state index in [-0.39, 0.29) is 17.7 Å². The first-order valence-corrected chi connectivity index (χ1v) is 7.26. The van der Waals surface area contributed by atoms with Crippen LogP contribution < -0.4 is 10.6 Å². The van der Waals surface area contributed by atoms with E-state index in [1.165, 1.54) is 25.7 Å². The fraction of sp³-hybridized carbons (Fsp3) is 0.857. The van der Waals surface area contributed by atoms with Gasteiger partial charge in [-0.25, -0.2) is 0 Å². The van der Waals surface area contributed by atoms with Gasteiger partial charge < -0.3 is 10.6 Å². The molecule has 4 heteroatoms. The smallest absolute Gasteiger partial charge is 0.225 e. The van der Waals surface area contributed by atoms with Crippen molar-refractivity contribution in [3.63, 3.8) is 0 Å². The van der Waals surface area contributed by atoms with Gasteiger partial charge in [0.05, 0.1) is 5.92 Å². The molecular formula is C14H24N2O2. The van der Waals surface area contributed by atoms with E-state index >= 15 is 0 Å². The van der Waals surface area contributed by atoms with Crippen molar-refractivity contribution in [2.45, 2.75) is 57.9 Å². The SMILES string of the molecule is CCCC1CCC(NC(=O)C2CNC(=O)C2)CC1.